The molecule has 0 atom stereocenters. The Hall–Kier alpha value is -0.950. The predicted molar refractivity (Wildman–Crippen MR) is 68.5 cm³/mol. The summed E-state index contributed by atoms with van der Waals surface area (Å²) in [4.78, 5) is 0. The first-order valence-electron chi connectivity index (χ1n) is 5.51. The van der Waals surface area contributed by atoms with E-state index in [9.17, 15) is 8.42 Å². The van der Waals surface area contributed by atoms with Crippen LogP contribution >= 0.6 is 0 Å². The molecule has 0 saturated heterocycles. The summed E-state index contributed by atoms with van der Waals surface area (Å²) in [6.07, 6.45) is 0.656. The number of rotatable bonds is 7. The topological polar surface area (TPSA) is 75.4 Å². The van der Waals surface area contributed by atoms with Gasteiger partial charge in [0.25, 0.3) is 10.2 Å². The van der Waals surface area contributed by atoms with Crippen LogP contribution in [0.1, 0.15) is 12.0 Å². The molecule has 1 rings (SSSR count). The van der Waals surface area contributed by atoms with Gasteiger partial charge in [-0.25, -0.2) is 0 Å². The van der Waals surface area contributed by atoms with E-state index in [0.717, 1.165) is 5.56 Å². The molecule has 0 aliphatic rings. The minimum Gasteiger partial charge on any atom is -0.330 e. The summed E-state index contributed by atoms with van der Waals surface area (Å²) in [6, 6.07) is 9.40. The molecule has 17 heavy (non-hydrogen) atoms. The maximum atomic E-state index is 11.8. The molecule has 1 aromatic carbocycles. The van der Waals surface area contributed by atoms with Gasteiger partial charge in [-0.3, -0.25) is 0 Å². The van der Waals surface area contributed by atoms with Crippen molar-refractivity contribution in [1.29, 1.82) is 0 Å². The van der Waals surface area contributed by atoms with E-state index in [0.29, 0.717) is 26.1 Å². The Bertz CT molecular complexity index is 420. The van der Waals surface area contributed by atoms with Gasteiger partial charge in [-0.15, -0.1) is 0 Å². The van der Waals surface area contributed by atoms with Crippen LogP contribution in [0.4, 0.5) is 0 Å². The second-order valence-corrected chi connectivity index (χ2v) is 5.64. The average molecular weight is 257 g/mol. The number of benzene rings is 1. The van der Waals surface area contributed by atoms with Crippen LogP contribution in [-0.2, 0) is 16.8 Å². The van der Waals surface area contributed by atoms with Crippen LogP contribution in [0.15, 0.2) is 30.3 Å². The molecule has 0 spiro atoms. The van der Waals surface area contributed by atoms with Crippen molar-refractivity contribution in [3.63, 3.8) is 0 Å². The van der Waals surface area contributed by atoms with Gasteiger partial charge in [-0.2, -0.15) is 17.4 Å². The van der Waals surface area contributed by atoms with Crippen LogP contribution < -0.4 is 10.5 Å². The third-order valence-corrected chi connectivity index (χ3v) is 3.90. The number of nitrogens with zero attached hydrogens (tertiary/aromatic N) is 1. The normalized spacial score (nSPS) is 11.9. The summed E-state index contributed by atoms with van der Waals surface area (Å²) in [5.74, 6) is 0. The van der Waals surface area contributed by atoms with Crippen molar-refractivity contribution >= 4 is 10.2 Å². The Morgan fingerprint density at radius 2 is 1.94 bits per heavy atom. The maximum absolute atomic E-state index is 11.8. The van der Waals surface area contributed by atoms with E-state index < -0.39 is 10.2 Å². The lowest BCUT2D eigenvalue weighted by molar-refractivity contribution is 0.452. The molecule has 3 N–H and O–H groups in total. The van der Waals surface area contributed by atoms with Gasteiger partial charge < -0.3 is 5.73 Å². The van der Waals surface area contributed by atoms with E-state index in [1.807, 2.05) is 30.3 Å². The Morgan fingerprint density at radius 3 is 2.53 bits per heavy atom. The van der Waals surface area contributed by atoms with Gasteiger partial charge in [0.15, 0.2) is 0 Å². The zero-order chi connectivity index (χ0) is 12.7. The van der Waals surface area contributed by atoms with E-state index in [4.69, 9.17) is 5.73 Å². The molecule has 96 valence electrons. The van der Waals surface area contributed by atoms with E-state index in [1.54, 1.807) is 7.05 Å². The molecule has 0 radical (unpaired) electrons. The molecule has 0 aliphatic carbocycles. The van der Waals surface area contributed by atoms with Gasteiger partial charge in [-0.1, -0.05) is 30.3 Å². The SMILES string of the molecule is CN(CCCN)S(=O)(=O)NCc1ccccc1. The van der Waals surface area contributed by atoms with Crippen LogP contribution in [0, 0.1) is 0 Å². The van der Waals surface area contributed by atoms with Crippen molar-refractivity contribution in [1.82, 2.24) is 9.03 Å². The summed E-state index contributed by atoms with van der Waals surface area (Å²) in [5.41, 5.74) is 6.28. The molecule has 0 saturated carbocycles. The van der Waals surface area contributed by atoms with Crippen LogP contribution in [0.3, 0.4) is 0 Å². The highest BCUT2D eigenvalue weighted by molar-refractivity contribution is 7.87. The van der Waals surface area contributed by atoms with Crippen LogP contribution in [-0.4, -0.2) is 32.9 Å². The molecule has 0 aliphatic heterocycles. The Kier molecular flexibility index (Phi) is 5.57. The molecule has 0 unspecified atom stereocenters. The molecule has 1 aromatic rings. The highest BCUT2D eigenvalue weighted by atomic mass is 32.2. The first-order chi connectivity index (χ1) is 8.06. The summed E-state index contributed by atoms with van der Waals surface area (Å²) in [7, 11) is -1.86. The van der Waals surface area contributed by atoms with Gasteiger partial charge in [0.1, 0.15) is 0 Å². The standard InChI is InChI=1S/C11H19N3O2S/c1-14(9-5-8-12)17(15,16)13-10-11-6-3-2-4-7-11/h2-4,6-7,13H,5,8-10,12H2,1H3. The van der Waals surface area contributed by atoms with E-state index >= 15 is 0 Å². The molecule has 0 fully saturated rings. The van der Waals surface area contributed by atoms with Gasteiger partial charge >= 0.3 is 0 Å². The highest BCUT2D eigenvalue weighted by Gasteiger charge is 2.15. The highest BCUT2D eigenvalue weighted by Crippen LogP contribution is 2.01. The van der Waals surface area contributed by atoms with Gasteiger partial charge in [-0.05, 0) is 18.5 Å². The summed E-state index contributed by atoms with van der Waals surface area (Å²) >= 11 is 0. The number of nitrogens with one attached hydrogen (secondary N) is 1. The Labute approximate surface area is 103 Å². The molecular weight excluding hydrogens is 238 g/mol. The summed E-state index contributed by atoms with van der Waals surface area (Å²) in [5, 5.41) is 0. The van der Waals surface area contributed by atoms with Crippen LogP contribution in [0.25, 0.3) is 0 Å². The fourth-order valence-corrected chi connectivity index (χ4v) is 2.25. The van der Waals surface area contributed by atoms with Gasteiger partial charge in [0.2, 0.25) is 0 Å². The van der Waals surface area contributed by atoms with Crippen molar-refractivity contribution in [3.05, 3.63) is 35.9 Å². The second-order valence-electron chi connectivity index (χ2n) is 3.78. The van der Waals surface area contributed by atoms with Crippen molar-refractivity contribution in [3.8, 4) is 0 Å². The minimum absolute atomic E-state index is 0.302. The first kappa shape index (κ1) is 14.1. The van der Waals surface area contributed by atoms with Crippen molar-refractivity contribution in [2.75, 3.05) is 20.1 Å². The quantitative estimate of drug-likeness (QED) is 0.738. The van der Waals surface area contributed by atoms with Crippen LogP contribution in [0.2, 0.25) is 0 Å². The van der Waals surface area contributed by atoms with Gasteiger partial charge in [0, 0.05) is 20.1 Å². The smallest absolute Gasteiger partial charge is 0.279 e. The lowest BCUT2D eigenvalue weighted by atomic mass is 10.2. The third-order valence-electron chi connectivity index (χ3n) is 2.39. The average Bonchev–Trinajstić information content (AvgIpc) is 2.35. The first-order valence-corrected chi connectivity index (χ1v) is 6.95. The lowest BCUT2D eigenvalue weighted by Crippen LogP contribution is -2.38. The largest absolute Gasteiger partial charge is 0.330 e. The monoisotopic (exact) mass is 257 g/mol. The van der Waals surface area contributed by atoms with E-state index in [1.165, 1.54) is 4.31 Å². The Balaban J connectivity index is 2.50. The van der Waals surface area contributed by atoms with Crippen molar-refractivity contribution in [2.24, 2.45) is 5.73 Å². The molecule has 0 amide bonds. The fourth-order valence-electron chi connectivity index (χ4n) is 1.31. The number of nitrogens with two attached hydrogens (primary N) is 1. The Morgan fingerprint density at radius 1 is 1.29 bits per heavy atom. The molecule has 0 bridgehead atoms. The maximum Gasteiger partial charge on any atom is 0.279 e. The molecular formula is C11H19N3O2S. The van der Waals surface area contributed by atoms with Crippen molar-refractivity contribution in [2.45, 2.75) is 13.0 Å². The predicted octanol–water partition coefficient (Wildman–Crippen LogP) is 0.302. The van der Waals surface area contributed by atoms with Gasteiger partial charge in [0.05, 0.1) is 0 Å². The van der Waals surface area contributed by atoms with Crippen molar-refractivity contribution < 1.29 is 8.42 Å². The summed E-state index contributed by atoms with van der Waals surface area (Å²) < 4.78 is 27.4. The zero-order valence-electron chi connectivity index (χ0n) is 9.96. The molecule has 0 heterocycles. The fraction of sp³-hybridized carbons (Fsp3) is 0.455. The second kappa shape index (κ2) is 6.70. The summed E-state index contributed by atoms with van der Waals surface area (Å²) in [6.45, 7) is 1.22. The molecule has 5 nitrogen and oxygen atoms in total. The van der Waals surface area contributed by atoms with E-state index in [-0.39, 0.29) is 0 Å². The minimum atomic E-state index is -3.40. The molecule has 0 aromatic heterocycles. The van der Waals surface area contributed by atoms with E-state index in [2.05, 4.69) is 4.72 Å². The lowest BCUT2D eigenvalue weighted by Gasteiger charge is -2.17. The third kappa shape index (κ3) is 4.82. The molecule has 6 heteroatoms. The van der Waals surface area contributed by atoms with Crippen LogP contribution in [0.5, 0.6) is 0 Å². The zero-order valence-corrected chi connectivity index (χ0v) is 10.8. The number of hydrogen-bond acceptors (Lipinski definition) is 3. The number of hydrogen-bond donors (Lipinski definition) is 2.